The second-order valence-electron chi connectivity index (χ2n) is 3.97. The molecule has 0 aliphatic carbocycles. The number of hydrogen-bond acceptors (Lipinski definition) is 2. The van der Waals surface area contributed by atoms with Gasteiger partial charge in [0.2, 0.25) is 5.96 Å². The van der Waals surface area contributed by atoms with Crippen molar-refractivity contribution in [3.63, 3.8) is 0 Å². The first-order valence-electron chi connectivity index (χ1n) is 5.68. The van der Waals surface area contributed by atoms with E-state index in [4.69, 9.17) is 5.84 Å². The number of hydrazine groups is 1. The van der Waals surface area contributed by atoms with Crippen molar-refractivity contribution in [1.82, 2.24) is 10.3 Å². The molecular weight excluding hydrogens is 200 g/mol. The molecule has 1 aromatic carbocycles. The fraction of sp³-hybridized carbons (Fsp3) is 0.417. The number of benzene rings is 1. The van der Waals surface area contributed by atoms with Crippen LogP contribution in [0.2, 0.25) is 0 Å². The first kappa shape index (κ1) is 11.0. The second-order valence-corrected chi connectivity index (χ2v) is 3.97. The van der Waals surface area contributed by atoms with Gasteiger partial charge in [-0.3, -0.25) is 10.4 Å². The molecule has 2 rings (SSSR count). The van der Waals surface area contributed by atoms with E-state index in [2.05, 4.69) is 46.5 Å². The molecule has 0 saturated carbocycles. The van der Waals surface area contributed by atoms with Crippen LogP contribution in [0, 0.1) is 0 Å². The summed E-state index contributed by atoms with van der Waals surface area (Å²) < 4.78 is 0. The lowest BCUT2D eigenvalue weighted by Crippen LogP contribution is -2.42. The van der Waals surface area contributed by atoms with Crippen molar-refractivity contribution in [1.29, 1.82) is 0 Å². The smallest absolute Gasteiger partial charge is 0.209 e. The van der Waals surface area contributed by atoms with Crippen molar-refractivity contribution < 1.29 is 0 Å². The van der Waals surface area contributed by atoms with E-state index in [0.717, 1.165) is 32.0 Å². The van der Waals surface area contributed by atoms with Crippen LogP contribution >= 0.6 is 0 Å². The molecule has 16 heavy (non-hydrogen) atoms. The Labute approximate surface area is 96.1 Å². The highest BCUT2D eigenvalue weighted by Gasteiger charge is 2.20. The van der Waals surface area contributed by atoms with Gasteiger partial charge in [0.15, 0.2) is 0 Å². The maximum Gasteiger partial charge on any atom is 0.209 e. The third-order valence-electron chi connectivity index (χ3n) is 2.75. The first-order chi connectivity index (χ1) is 7.85. The fourth-order valence-corrected chi connectivity index (χ4v) is 1.94. The molecule has 4 nitrogen and oxygen atoms in total. The molecule has 1 aliphatic heterocycles. The third kappa shape index (κ3) is 2.17. The van der Waals surface area contributed by atoms with Gasteiger partial charge >= 0.3 is 0 Å². The van der Waals surface area contributed by atoms with Gasteiger partial charge in [0.25, 0.3) is 0 Å². The van der Waals surface area contributed by atoms with Crippen molar-refractivity contribution >= 4 is 5.96 Å². The molecule has 0 radical (unpaired) electrons. The zero-order chi connectivity index (χ0) is 11.4. The topological polar surface area (TPSA) is 53.6 Å². The van der Waals surface area contributed by atoms with E-state index < -0.39 is 0 Å². The van der Waals surface area contributed by atoms with Crippen LogP contribution in [0.4, 0.5) is 0 Å². The van der Waals surface area contributed by atoms with E-state index in [1.165, 1.54) is 11.1 Å². The molecule has 86 valence electrons. The van der Waals surface area contributed by atoms with E-state index in [1.54, 1.807) is 0 Å². The predicted octanol–water partition coefficient (Wildman–Crippen LogP) is 1.23. The summed E-state index contributed by atoms with van der Waals surface area (Å²) in [7, 11) is 0. The highest BCUT2D eigenvalue weighted by atomic mass is 15.4. The Kier molecular flexibility index (Phi) is 3.41. The van der Waals surface area contributed by atoms with Gasteiger partial charge in [-0.1, -0.05) is 31.2 Å². The van der Waals surface area contributed by atoms with Crippen LogP contribution in [-0.2, 0) is 13.1 Å². The fourth-order valence-electron chi connectivity index (χ4n) is 1.94. The Hall–Kier alpha value is -1.55. The molecule has 1 aromatic rings. The highest BCUT2D eigenvalue weighted by molar-refractivity contribution is 5.80. The van der Waals surface area contributed by atoms with E-state index in [0.29, 0.717) is 0 Å². The minimum atomic E-state index is 0.790. The molecule has 3 N–H and O–H groups in total. The summed E-state index contributed by atoms with van der Waals surface area (Å²) in [4.78, 5) is 6.60. The van der Waals surface area contributed by atoms with Crippen LogP contribution in [0.3, 0.4) is 0 Å². The van der Waals surface area contributed by atoms with Gasteiger partial charge < -0.3 is 4.90 Å². The number of nitrogens with zero attached hydrogens (tertiary/aromatic N) is 2. The molecule has 0 aromatic heterocycles. The van der Waals surface area contributed by atoms with Gasteiger partial charge in [0, 0.05) is 19.6 Å². The normalized spacial score (nSPS) is 15.1. The summed E-state index contributed by atoms with van der Waals surface area (Å²) in [5.41, 5.74) is 5.42. The molecule has 0 spiro atoms. The molecule has 4 heteroatoms. The van der Waals surface area contributed by atoms with Crippen molar-refractivity contribution in [2.75, 3.05) is 6.54 Å². The SMILES string of the molecule is CCCN=C(NN)N1Cc2ccccc2C1. The Morgan fingerprint density at radius 1 is 1.38 bits per heavy atom. The lowest BCUT2D eigenvalue weighted by molar-refractivity contribution is 0.427. The zero-order valence-electron chi connectivity index (χ0n) is 9.61. The number of rotatable bonds is 2. The van der Waals surface area contributed by atoms with Crippen molar-refractivity contribution in [3.8, 4) is 0 Å². The van der Waals surface area contributed by atoms with Crippen LogP contribution in [0.25, 0.3) is 0 Å². The summed E-state index contributed by atoms with van der Waals surface area (Å²) in [5, 5.41) is 0. The minimum absolute atomic E-state index is 0.790. The maximum absolute atomic E-state index is 5.51. The maximum atomic E-state index is 5.51. The molecule has 0 bridgehead atoms. The van der Waals surface area contributed by atoms with E-state index in [1.807, 2.05) is 0 Å². The highest BCUT2D eigenvalue weighted by Crippen LogP contribution is 2.21. The van der Waals surface area contributed by atoms with Gasteiger partial charge in [0.05, 0.1) is 0 Å². The largest absolute Gasteiger partial charge is 0.333 e. The lowest BCUT2D eigenvalue weighted by atomic mass is 10.1. The van der Waals surface area contributed by atoms with E-state index in [-0.39, 0.29) is 0 Å². The third-order valence-corrected chi connectivity index (χ3v) is 2.75. The Bertz CT molecular complexity index is 361. The Balaban J connectivity index is 2.09. The van der Waals surface area contributed by atoms with Gasteiger partial charge in [-0.2, -0.15) is 0 Å². The number of guanidine groups is 1. The standard InChI is InChI=1S/C12H18N4/c1-2-7-14-12(15-13)16-8-10-5-3-4-6-11(10)9-16/h3-6H,2,7-9,13H2,1H3,(H,14,15). The molecule has 0 saturated heterocycles. The number of hydrogen-bond donors (Lipinski definition) is 2. The summed E-state index contributed by atoms with van der Waals surface area (Å²) >= 11 is 0. The van der Waals surface area contributed by atoms with Gasteiger partial charge in [-0.25, -0.2) is 5.84 Å². The predicted molar refractivity (Wildman–Crippen MR) is 65.6 cm³/mol. The molecule has 0 atom stereocenters. The minimum Gasteiger partial charge on any atom is -0.333 e. The molecule has 0 unspecified atom stereocenters. The van der Waals surface area contributed by atoms with E-state index >= 15 is 0 Å². The van der Waals surface area contributed by atoms with Crippen molar-refractivity contribution in [2.45, 2.75) is 26.4 Å². The monoisotopic (exact) mass is 218 g/mol. The average Bonchev–Trinajstić information content (AvgIpc) is 2.73. The van der Waals surface area contributed by atoms with Crippen LogP contribution in [0.15, 0.2) is 29.3 Å². The average molecular weight is 218 g/mol. The number of nitrogens with one attached hydrogen (secondary N) is 1. The van der Waals surface area contributed by atoms with Gasteiger partial charge in [-0.15, -0.1) is 0 Å². The molecule has 0 fully saturated rings. The number of nitrogens with two attached hydrogens (primary N) is 1. The summed E-state index contributed by atoms with van der Waals surface area (Å²) in [6, 6.07) is 8.45. The van der Waals surface area contributed by atoms with Crippen molar-refractivity contribution in [2.24, 2.45) is 10.8 Å². The van der Waals surface area contributed by atoms with Crippen molar-refractivity contribution in [3.05, 3.63) is 35.4 Å². The number of fused-ring (bicyclic) bond motifs is 1. The van der Waals surface area contributed by atoms with E-state index in [9.17, 15) is 0 Å². The van der Waals surface area contributed by atoms with Gasteiger partial charge in [0.1, 0.15) is 0 Å². The molecule has 1 heterocycles. The quantitative estimate of drug-likeness (QED) is 0.340. The van der Waals surface area contributed by atoms with Crippen LogP contribution in [0.5, 0.6) is 0 Å². The number of aliphatic imine (C=N–C) groups is 1. The Morgan fingerprint density at radius 3 is 2.50 bits per heavy atom. The molecule has 0 amide bonds. The van der Waals surface area contributed by atoms with Crippen LogP contribution in [0.1, 0.15) is 24.5 Å². The zero-order valence-corrected chi connectivity index (χ0v) is 9.61. The summed E-state index contributed by atoms with van der Waals surface area (Å²) in [6.07, 6.45) is 1.03. The summed E-state index contributed by atoms with van der Waals surface area (Å²) in [5.74, 6) is 6.30. The van der Waals surface area contributed by atoms with Crippen LogP contribution in [-0.4, -0.2) is 17.4 Å². The molecular formula is C12H18N4. The first-order valence-corrected chi connectivity index (χ1v) is 5.68. The van der Waals surface area contributed by atoms with Crippen LogP contribution < -0.4 is 11.3 Å². The Morgan fingerprint density at radius 2 is 2.00 bits per heavy atom. The van der Waals surface area contributed by atoms with Gasteiger partial charge in [-0.05, 0) is 17.5 Å². The lowest BCUT2D eigenvalue weighted by Gasteiger charge is -2.19. The second kappa shape index (κ2) is 4.99. The summed E-state index contributed by atoms with van der Waals surface area (Å²) in [6.45, 7) is 4.70. The molecule has 1 aliphatic rings.